The van der Waals surface area contributed by atoms with Crippen molar-refractivity contribution in [3.8, 4) is 0 Å². The number of hydrogen-bond acceptors (Lipinski definition) is 2. The van der Waals surface area contributed by atoms with Crippen LogP contribution in [0, 0.1) is 6.92 Å². The van der Waals surface area contributed by atoms with Crippen LogP contribution in [0.4, 0.5) is 0 Å². The molecule has 1 aromatic carbocycles. The lowest BCUT2D eigenvalue weighted by molar-refractivity contribution is -0.704. The van der Waals surface area contributed by atoms with Crippen molar-refractivity contribution in [3.05, 3.63) is 52.6 Å². The lowest BCUT2D eigenvalue weighted by atomic mass is 9.90. The minimum Gasteiger partial charge on any atom is -0.284 e. The first-order chi connectivity index (χ1) is 14.1. The second-order valence-electron chi connectivity index (χ2n) is 8.23. The van der Waals surface area contributed by atoms with E-state index in [9.17, 15) is 9.59 Å². The molecular formula is C25H35N2O2+. The standard InChI is InChI=1S/C25H35N2O2/c1-4-6-8-9-10-11-14-18-27-19(3)26(17-7-5-2)22-23(27)25(29)21-16-13-12-15-20(21)24(22)28/h12-13,15-16H,4-11,14,17-18H2,1-3H3/q+1. The van der Waals surface area contributed by atoms with Gasteiger partial charge >= 0.3 is 0 Å². The first kappa shape index (κ1) is 21.5. The van der Waals surface area contributed by atoms with Crippen LogP contribution in [0.2, 0.25) is 0 Å². The van der Waals surface area contributed by atoms with Crippen LogP contribution in [-0.2, 0) is 13.1 Å². The molecule has 0 atom stereocenters. The molecule has 0 spiro atoms. The van der Waals surface area contributed by atoms with E-state index in [2.05, 4.69) is 29.9 Å². The van der Waals surface area contributed by atoms with Gasteiger partial charge in [-0.05, 0) is 19.3 Å². The maximum atomic E-state index is 13.3. The van der Waals surface area contributed by atoms with Gasteiger partial charge in [0, 0.05) is 18.1 Å². The van der Waals surface area contributed by atoms with Gasteiger partial charge in [0.1, 0.15) is 0 Å². The number of imidazole rings is 1. The number of fused-ring (bicyclic) bond motifs is 2. The Balaban J connectivity index is 1.86. The minimum absolute atomic E-state index is 0.00325. The summed E-state index contributed by atoms with van der Waals surface area (Å²) >= 11 is 0. The highest BCUT2D eigenvalue weighted by atomic mass is 16.1. The van der Waals surface area contributed by atoms with E-state index in [-0.39, 0.29) is 11.6 Å². The zero-order valence-corrected chi connectivity index (χ0v) is 18.3. The molecule has 3 rings (SSSR count). The fourth-order valence-electron chi connectivity index (χ4n) is 4.41. The molecular weight excluding hydrogens is 360 g/mol. The van der Waals surface area contributed by atoms with E-state index in [1.54, 1.807) is 12.1 Å². The molecule has 4 heteroatoms. The Morgan fingerprint density at radius 3 is 2.03 bits per heavy atom. The topological polar surface area (TPSA) is 43.0 Å². The predicted octanol–water partition coefficient (Wildman–Crippen LogP) is 5.41. The Labute approximate surface area is 174 Å². The van der Waals surface area contributed by atoms with Crippen LogP contribution < -0.4 is 4.57 Å². The van der Waals surface area contributed by atoms with Crippen LogP contribution in [0.15, 0.2) is 24.3 Å². The molecule has 0 unspecified atom stereocenters. The fraction of sp³-hybridized carbons (Fsp3) is 0.560. The van der Waals surface area contributed by atoms with Gasteiger partial charge in [-0.15, -0.1) is 0 Å². The Kier molecular flexibility index (Phi) is 7.40. The molecule has 29 heavy (non-hydrogen) atoms. The van der Waals surface area contributed by atoms with E-state index in [0.717, 1.165) is 38.2 Å². The summed E-state index contributed by atoms with van der Waals surface area (Å²) < 4.78 is 4.21. The van der Waals surface area contributed by atoms with Gasteiger partial charge in [0.15, 0.2) is 0 Å². The van der Waals surface area contributed by atoms with Crippen LogP contribution >= 0.6 is 0 Å². The van der Waals surface area contributed by atoms with Crippen molar-refractivity contribution >= 4 is 11.6 Å². The van der Waals surface area contributed by atoms with Gasteiger partial charge in [0.25, 0.3) is 5.82 Å². The molecule has 1 aromatic heterocycles. The van der Waals surface area contributed by atoms with E-state index in [1.165, 1.54) is 38.5 Å². The molecule has 0 N–H and O–H groups in total. The summed E-state index contributed by atoms with van der Waals surface area (Å²) in [5.41, 5.74) is 2.30. The molecule has 0 amide bonds. The highest BCUT2D eigenvalue weighted by Crippen LogP contribution is 2.27. The highest BCUT2D eigenvalue weighted by Gasteiger charge is 2.42. The first-order valence-corrected chi connectivity index (χ1v) is 11.4. The maximum absolute atomic E-state index is 13.3. The summed E-state index contributed by atoms with van der Waals surface area (Å²) in [5.74, 6) is 1.02. The zero-order chi connectivity index (χ0) is 20.8. The number of hydrogen-bond donors (Lipinski definition) is 0. The van der Waals surface area contributed by atoms with Crippen LogP contribution in [0.25, 0.3) is 0 Å². The van der Waals surface area contributed by atoms with Crippen molar-refractivity contribution in [2.75, 3.05) is 0 Å². The summed E-state index contributed by atoms with van der Waals surface area (Å²) in [6, 6.07) is 7.26. The minimum atomic E-state index is -0.00674. The fourth-order valence-corrected chi connectivity index (χ4v) is 4.41. The number of ketones is 2. The molecule has 0 radical (unpaired) electrons. The summed E-state index contributed by atoms with van der Waals surface area (Å²) in [4.78, 5) is 26.6. The normalized spacial score (nSPS) is 12.9. The SMILES string of the molecule is CCCCCCCCC[n+]1c2c(n(CCCC)c1C)C(=O)c1ccccc1C2=O. The lowest BCUT2D eigenvalue weighted by Gasteiger charge is -2.13. The second-order valence-corrected chi connectivity index (χ2v) is 8.23. The average Bonchev–Trinajstić information content (AvgIpc) is 3.01. The summed E-state index contributed by atoms with van der Waals surface area (Å²) in [6.45, 7) is 8.04. The van der Waals surface area contributed by atoms with Crippen molar-refractivity contribution in [2.45, 2.75) is 91.6 Å². The van der Waals surface area contributed by atoms with Crippen molar-refractivity contribution in [3.63, 3.8) is 0 Å². The van der Waals surface area contributed by atoms with Crippen molar-refractivity contribution < 1.29 is 14.2 Å². The van der Waals surface area contributed by atoms with Gasteiger partial charge in [-0.3, -0.25) is 9.59 Å². The Morgan fingerprint density at radius 1 is 0.793 bits per heavy atom. The molecule has 0 bridgehead atoms. The summed E-state index contributed by atoms with van der Waals surface area (Å²) in [5, 5.41) is 0. The van der Waals surface area contributed by atoms with E-state index in [0.29, 0.717) is 22.5 Å². The molecule has 1 heterocycles. The van der Waals surface area contributed by atoms with E-state index < -0.39 is 0 Å². The van der Waals surface area contributed by atoms with Gasteiger partial charge < -0.3 is 0 Å². The Bertz CT molecular complexity index is 879. The molecule has 2 aromatic rings. The maximum Gasteiger partial charge on any atom is 0.254 e. The first-order valence-electron chi connectivity index (χ1n) is 11.4. The van der Waals surface area contributed by atoms with Crippen LogP contribution in [0.5, 0.6) is 0 Å². The van der Waals surface area contributed by atoms with Gasteiger partial charge in [0.05, 0.1) is 13.1 Å². The molecule has 0 aliphatic heterocycles. The number of carbonyl (C=O) groups is 2. The average molecular weight is 396 g/mol. The van der Waals surface area contributed by atoms with Crippen LogP contribution in [0.3, 0.4) is 0 Å². The van der Waals surface area contributed by atoms with Gasteiger partial charge in [-0.25, -0.2) is 9.13 Å². The third-order valence-electron chi connectivity index (χ3n) is 6.11. The number of nitrogens with zero attached hydrogens (tertiary/aromatic N) is 2. The van der Waals surface area contributed by atoms with Gasteiger partial charge in [-0.1, -0.05) is 76.6 Å². The smallest absolute Gasteiger partial charge is 0.254 e. The third kappa shape index (κ3) is 4.36. The van der Waals surface area contributed by atoms with Gasteiger partial charge in [0.2, 0.25) is 23.0 Å². The molecule has 4 nitrogen and oxygen atoms in total. The van der Waals surface area contributed by atoms with Crippen molar-refractivity contribution in [1.82, 2.24) is 4.57 Å². The Hall–Kier alpha value is -2.23. The Morgan fingerprint density at radius 2 is 1.38 bits per heavy atom. The quantitative estimate of drug-likeness (QED) is 0.322. The van der Waals surface area contributed by atoms with Crippen LogP contribution in [-0.4, -0.2) is 16.1 Å². The van der Waals surface area contributed by atoms with Gasteiger partial charge in [-0.2, -0.15) is 0 Å². The molecule has 0 saturated carbocycles. The van der Waals surface area contributed by atoms with Crippen molar-refractivity contribution in [2.24, 2.45) is 0 Å². The second kappa shape index (κ2) is 10.00. The number of unbranched alkanes of at least 4 members (excludes halogenated alkanes) is 7. The molecule has 1 aliphatic carbocycles. The zero-order valence-electron chi connectivity index (χ0n) is 18.3. The summed E-state index contributed by atoms with van der Waals surface area (Å²) in [7, 11) is 0. The largest absolute Gasteiger partial charge is 0.284 e. The monoisotopic (exact) mass is 395 g/mol. The number of benzene rings is 1. The molecule has 0 saturated heterocycles. The van der Waals surface area contributed by atoms with Crippen LogP contribution in [0.1, 0.15) is 110 Å². The lowest BCUT2D eigenvalue weighted by Crippen LogP contribution is -2.43. The van der Waals surface area contributed by atoms with E-state index >= 15 is 0 Å². The summed E-state index contributed by atoms with van der Waals surface area (Å²) in [6.07, 6.45) is 10.7. The molecule has 1 aliphatic rings. The highest BCUT2D eigenvalue weighted by molar-refractivity contribution is 6.26. The van der Waals surface area contributed by atoms with E-state index in [1.807, 2.05) is 12.1 Å². The number of aromatic nitrogens is 2. The predicted molar refractivity (Wildman–Crippen MR) is 116 cm³/mol. The van der Waals surface area contributed by atoms with Crippen molar-refractivity contribution in [1.29, 1.82) is 0 Å². The van der Waals surface area contributed by atoms with E-state index in [4.69, 9.17) is 0 Å². The molecule has 156 valence electrons. The molecule has 0 fully saturated rings. The number of carbonyl (C=O) groups excluding carboxylic acids is 2. The third-order valence-corrected chi connectivity index (χ3v) is 6.11. The number of rotatable bonds is 11.